The van der Waals surface area contributed by atoms with Gasteiger partial charge in [0.2, 0.25) is 0 Å². The lowest BCUT2D eigenvalue weighted by Crippen LogP contribution is -2.53. The van der Waals surface area contributed by atoms with Gasteiger partial charge in [-0.1, -0.05) is 60.3 Å². The van der Waals surface area contributed by atoms with Crippen LogP contribution in [0.25, 0.3) is 0 Å². The lowest BCUT2D eigenvalue weighted by molar-refractivity contribution is -0.164. The van der Waals surface area contributed by atoms with E-state index in [1.165, 1.54) is 32.8 Å². The maximum absolute atomic E-state index is 13.1. The van der Waals surface area contributed by atoms with E-state index in [2.05, 4.69) is 34.6 Å². The number of Topliss-reactive ketones (excluding diaryl/α,β-unsaturated/α-hetero) is 1. The van der Waals surface area contributed by atoms with Crippen LogP contribution in [-0.2, 0) is 14.3 Å². The molecule has 0 aromatic heterocycles. The molecule has 0 saturated heterocycles. The Morgan fingerprint density at radius 3 is 2.40 bits per heavy atom. The van der Waals surface area contributed by atoms with Crippen LogP contribution in [0.15, 0.2) is 0 Å². The van der Waals surface area contributed by atoms with E-state index in [9.17, 15) is 9.59 Å². The third-order valence-electron chi connectivity index (χ3n) is 9.75. The monoisotopic (exact) mass is 418 g/mol. The third kappa shape index (κ3) is 4.24. The van der Waals surface area contributed by atoms with E-state index < -0.39 is 0 Å². The molecular formula is C27H46O3. The lowest BCUT2D eigenvalue weighted by atomic mass is 9.50. The maximum Gasteiger partial charge on any atom is 0.309 e. The first-order valence-corrected chi connectivity index (χ1v) is 12.8. The molecule has 3 heteroatoms. The van der Waals surface area contributed by atoms with Crippen molar-refractivity contribution in [1.29, 1.82) is 0 Å². The van der Waals surface area contributed by atoms with Crippen molar-refractivity contribution in [2.24, 2.45) is 46.3 Å². The van der Waals surface area contributed by atoms with Crippen LogP contribution in [0.1, 0.15) is 105 Å². The van der Waals surface area contributed by atoms with E-state index in [-0.39, 0.29) is 28.6 Å². The minimum Gasteiger partial charge on any atom is -0.469 e. The van der Waals surface area contributed by atoms with E-state index in [0.29, 0.717) is 30.0 Å². The zero-order valence-electron chi connectivity index (χ0n) is 20.5. The number of hydrogen-bond acceptors (Lipinski definition) is 3. The van der Waals surface area contributed by atoms with Crippen LogP contribution in [0.2, 0.25) is 0 Å². The molecule has 0 aromatic carbocycles. The molecular weight excluding hydrogens is 372 g/mol. The van der Waals surface area contributed by atoms with Gasteiger partial charge in [0.1, 0.15) is 5.78 Å². The van der Waals surface area contributed by atoms with Crippen molar-refractivity contribution in [1.82, 2.24) is 0 Å². The summed E-state index contributed by atoms with van der Waals surface area (Å²) in [4.78, 5) is 26.2. The number of carbonyl (C=O) groups is 2. The number of rotatable bonds is 7. The number of fused-ring (bicyclic) bond motifs is 1. The predicted octanol–water partition coefficient (Wildman–Crippen LogP) is 6.83. The lowest BCUT2D eigenvalue weighted by Gasteiger charge is -2.53. The van der Waals surface area contributed by atoms with Crippen LogP contribution in [-0.4, -0.2) is 18.9 Å². The summed E-state index contributed by atoms with van der Waals surface area (Å²) in [6, 6.07) is 0. The van der Waals surface area contributed by atoms with Crippen LogP contribution in [0.4, 0.5) is 0 Å². The molecule has 0 radical (unpaired) electrons. The molecule has 3 aliphatic rings. The molecule has 0 aromatic rings. The Morgan fingerprint density at radius 2 is 1.77 bits per heavy atom. The fraction of sp³-hybridized carbons (Fsp3) is 0.926. The van der Waals surface area contributed by atoms with Gasteiger partial charge in [0.05, 0.1) is 13.0 Å². The third-order valence-corrected chi connectivity index (χ3v) is 9.75. The van der Waals surface area contributed by atoms with E-state index in [1.807, 2.05) is 0 Å². The maximum atomic E-state index is 13.1. The first kappa shape index (κ1) is 23.8. The number of methoxy groups -OCH3 is 1. The highest BCUT2D eigenvalue weighted by Gasteiger charge is 2.61. The highest BCUT2D eigenvalue weighted by Crippen LogP contribution is 2.64. The summed E-state index contributed by atoms with van der Waals surface area (Å²) < 4.78 is 5.38. The fourth-order valence-corrected chi connectivity index (χ4v) is 7.94. The first-order chi connectivity index (χ1) is 14.1. The molecule has 3 fully saturated rings. The molecule has 0 amide bonds. The average Bonchev–Trinajstić information content (AvgIpc) is 3.05. The smallest absolute Gasteiger partial charge is 0.309 e. The molecule has 3 nitrogen and oxygen atoms in total. The standard InChI is InChI=1S/C27H46O3/c1-18(2)10-9-11-19(3)20-13-14-21-24(25(29)30-6)22(15-17-26(20,21)4)27(5)16-8-7-12-23(27)28/h18-22,24H,7-17H2,1-6H3/t19-,20-,21+,22+,24+,26-,27+/m1/s1. The topological polar surface area (TPSA) is 43.4 Å². The zero-order valence-corrected chi connectivity index (χ0v) is 20.5. The molecule has 0 aliphatic heterocycles. The molecule has 0 N–H and O–H groups in total. The van der Waals surface area contributed by atoms with Crippen LogP contribution >= 0.6 is 0 Å². The summed E-state index contributed by atoms with van der Waals surface area (Å²) >= 11 is 0. The molecule has 3 rings (SSSR count). The summed E-state index contributed by atoms with van der Waals surface area (Å²) in [7, 11) is 1.54. The van der Waals surface area contributed by atoms with Crippen molar-refractivity contribution in [3.8, 4) is 0 Å². The predicted molar refractivity (Wildman–Crippen MR) is 122 cm³/mol. The van der Waals surface area contributed by atoms with E-state index in [0.717, 1.165) is 44.4 Å². The summed E-state index contributed by atoms with van der Waals surface area (Å²) in [6.45, 7) is 11.7. The van der Waals surface area contributed by atoms with Crippen molar-refractivity contribution < 1.29 is 14.3 Å². The Balaban J connectivity index is 1.82. The SMILES string of the molecule is COC(=O)[C@H]1[C@@H]2CC[C@H]([C@H](C)CCCC(C)C)[C@@]2(C)CC[C@@H]1[C@]1(C)CCCCC1=O. The Kier molecular flexibility index (Phi) is 7.40. The van der Waals surface area contributed by atoms with Crippen LogP contribution < -0.4 is 0 Å². The summed E-state index contributed by atoms with van der Waals surface area (Å²) in [5, 5.41) is 0. The fourth-order valence-electron chi connectivity index (χ4n) is 7.94. The van der Waals surface area contributed by atoms with Gasteiger partial charge in [-0.05, 0) is 73.5 Å². The Morgan fingerprint density at radius 1 is 1.03 bits per heavy atom. The van der Waals surface area contributed by atoms with Crippen molar-refractivity contribution in [3.05, 3.63) is 0 Å². The van der Waals surface area contributed by atoms with Gasteiger partial charge < -0.3 is 4.74 Å². The Hall–Kier alpha value is -0.860. The molecule has 0 unspecified atom stereocenters. The van der Waals surface area contributed by atoms with Crippen LogP contribution in [0, 0.1) is 46.3 Å². The molecule has 172 valence electrons. The van der Waals surface area contributed by atoms with Gasteiger partial charge in [-0.25, -0.2) is 0 Å². The van der Waals surface area contributed by atoms with E-state index in [4.69, 9.17) is 4.74 Å². The normalized spacial score (nSPS) is 40.3. The van der Waals surface area contributed by atoms with Crippen molar-refractivity contribution in [2.75, 3.05) is 7.11 Å². The van der Waals surface area contributed by atoms with Crippen LogP contribution in [0.5, 0.6) is 0 Å². The molecule has 3 saturated carbocycles. The summed E-state index contributed by atoms with van der Waals surface area (Å²) in [6.07, 6.45) is 12.2. The minimum absolute atomic E-state index is 0.0522. The first-order valence-electron chi connectivity index (χ1n) is 12.8. The van der Waals surface area contributed by atoms with Crippen molar-refractivity contribution >= 4 is 11.8 Å². The second kappa shape index (κ2) is 9.33. The second-order valence-electron chi connectivity index (χ2n) is 11.8. The van der Waals surface area contributed by atoms with E-state index in [1.54, 1.807) is 0 Å². The highest BCUT2D eigenvalue weighted by atomic mass is 16.5. The quantitative estimate of drug-likeness (QED) is 0.426. The molecule has 30 heavy (non-hydrogen) atoms. The number of esters is 1. The summed E-state index contributed by atoms with van der Waals surface area (Å²) in [5.41, 5.74) is -0.125. The number of carbonyl (C=O) groups excluding carboxylic acids is 2. The van der Waals surface area contributed by atoms with Gasteiger partial charge >= 0.3 is 5.97 Å². The van der Waals surface area contributed by atoms with Crippen molar-refractivity contribution in [3.63, 3.8) is 0 Å². The highest BCUT2D eigenvalue weighted by molar-refractivity contribution is 5.86. The summed E-state index contributed by atoms with van der Waals surface area (Å²) in [5.74, 6) is 2.94. The van der Waals surface area contributed by atoms with Gasteiger partial charge in [-0.15, -0.1) is 0 Å². The van der Waals surface area contributed by atoms with Gasteiger partial charge in [-0.3, -0.25) is 9.59 Å². The number of ketones is 1. The molecule has 7 atom stereocenters. The van der Waals surface area contributed by atoms with Crippen LogP contribution in [0.3, 0.4) is 0 Å². The molecule has 0 spiro atoms. The number of ether oxygens (including phenoxy) is 1. The van der Waals surface area contributed by atoms with E-state index >= 15 is 0 Å². The van der Waals surface area contributed by atoms with Crippen molar-refractivity contribution in [2.45, 2.75) is 105 Å². The van der Waals surface area contributed by atoms with Gasteiger partial charge in [0.15, 0.2) is 0 Å². The molecule has 0 heterocycles. The Bertz CT molecular complexity index is 626. The van der Waals surface area contributed by atoms with Gasteiger partial charge in [0.25, 0.3) is 0 Å². The zero-order chi connectivity index (χ0) is 22.1. The van der Waals surface area contributed by atoms with Gasteiger partial charge in [0, 0.05) is 11.8 Å². The Labute approximate surface area is 185 Å². The largest absolute Gasteiger partial charge is 0.469 e. The average molecular weight is 419 g/mol. The van der Waals surface area contributed by atoms with Gasteiger partial charge in [-0.2, -0.15) is 0 Å². The molecule has 0 bridgehead atoms. The molecule has 3 aliphatic carbocycles. The minimum atomic E-state index is -0.334. The second-order valence-corrected chi connectivity index (χ2v) is 11.8. The number of hydrogen-bond donors (Lipinski definition) is 0.